The van der Waals surface area contributed by atoms with Crippen molar-refractivity contribution in [1.29, 1.82) is 0 Å². The summed E-state index contributed by atoms with van der Waals surface area (Å²) in [4.78, 5) is 40.2. The zero-order chi connectivity index (χ0) is 22.1. The number of likely N-dealkylation sites (N-methyl/N-ethyl adjacent to an activating group) is 1. The maximum atomic E-state index is 12.9. The summed E-state index contributed by atoms with van der Waals surface area (Å²) in [6.45, 7) is 0.844. The molecule has 1 aromatic rings. The number of piperidine rings is 1. The standard InChI is InChI=1S/C19H22F3N3O5/c1-23-6-7-24(11-16(23)26)17(27)25-9-13(8-15(10-25)30-18(28)29)12-2-4-14(5-3-12)19(20,21)22/h2-5,13,15H,6-11H2,1H3,(H,28,29). The zero-order valence-electron chi connectivity index (χ0n) is 16.3. The fourth-order valence-electron chi connectivity index (χ4n) is 3.74. The Hall–Kier alpha value is -2.98. The molecule has 0 spiro atoms. The lowest BCUT2D eigenvalue weighted by molar-refractivity contribution is -0.137. The van der Waals surface area contributed by atoms with Crippen LogP contribution in [0.15, 0.2) is 24.3 Å². The van der Waals surface area contributed by atoms with Crippen molar-refractivity contribution < 1.29 is 37.4 Å². The largest absolute Gasteiger partial charge is 0.506 e. The highest BCUT2D eigenvalue weighted by molar-refractivity contribution is 5.85. The number of alkyl halides is 3. The lowest BCUT2D eigenvalue weighted by Gasteiger charge is -2.41. The predicted molar refractivity (Wildman–Crippen MR) is 97.9 cm³/mol. The first-order chi connectivity index (χ1) is 14.0. The summed E-state index contributed by atoms with van der Waals surface area (Å²) in [6, 6.07) is 4.16. The molecule has 2 unspecified atom stereocenters. The van der Waals surface area contributed by atoms with Gasteiger partial charge in [-0.1, -0.05) is 12.1 Å². The summed E-state index contributed by atoms with van der Waals surface area (Å²) in [5.74, 6) is -0.610. The Balaban J connectivity index is 1.78. The fourth-order valence-corrected chi connectivity index (χ4v) is 3.74. The highest BCUT2D eigenvalue weighted by atomic mass is 19.4. The molecule has 0 bridgehead atoms. The van der Waals surface area contributed by atoms with Crippen molar-refractivity contribution in [2.45, 2.75) is 24.6 Å². The molecular weight excluding hydrogens is 407 g/mol. The minimum atomic E-state index is -4.46. The Morgan fingerprint density at radius 3 is 2.33 bits per heavy atom. The van der Waals surface area contributed by atoms with Crippen LogP contribution in [-0.2, 0) is 15.7 Å². The number of carbonyl (C=O) groups is 3. The molecule has 1 aromatic carbocycles. The van der Waals surface area contributed by atoms with Gasteiger partial charge in [-0.3, -0.25) is 4.79 Å². The van der Waals surface area contributed by atoms with Gasteiger partial charge in [0.2, 0.25) is 5.91 Å². The first-order valence-electron chi connectivity index (χ1n) is 9.39. The summed E-state index contributed by atoms with van der Waals surface area (Å²) in [5, 5.41) is 8.97. The Kier molecular flexibility index (Phi) is 6.09. The van der Waals surface area contributed by atoms with Crippen LogP contribution in [0.5, 0.6) is 0 Å². The summed E-state index contributed by atoms with van der Waals surface area (Å²) >= 11 is 0. The zero-order valence-corrected chi connectivity index (χ0v) is 16.3. The van der Waals surface area contributed by atoms with Crippen LogP contribution in [0.3, 0.4) is 0 Å². The van der Waals surface area contributed by atoms with Gasteiger partial charge in [-0.2, -0.15) is 13.2 Å². The molecule has 2 atom stereocenters. The normalized spacial score (nSPS) is 22.8. The topological polar surface area (TPSA) is 90.4 Å². The van der Waals surface area contributed by atoms with Gasteiger partial charge in [0.05, 0.1) is 12.1 Å². The van der Waals surface area contributed by atoms with Crippen molar-refractivity contribution in [3.05, 3.63) is 35.4 Å². The van der Waals surface area contributed by atoms with E-state index in [1.807, 2.05) is 0 Å². The van der Waals surface area contributed by atoms with Gasteiger partial charge in [0.25, 0.3) is 0 Å². The number of amides is 3. The van der Waals surface area contributed by atoms with Crippen LogP contribution in [0.1, 0.15) is 23.5 Å². The van der Waals surface area contributed by atoms with E-state index in [4.69, 9.17) is 9.84 Å². The molecule has 0 aromatic heterocycles. The molecule has 0 aliphatic carbocycles. The van der Waals surface area contributed by atoms with Crippen molar-refractivity contribution in [2.24, 2.45) is 0 Å². The Morgan fingerprint density at radius 1 is 1.10 bits per heavy atom. The van der Waals surface area contributed by atoms with Crippen LogP contribution in [0.2, 0.25) is 0 Å². The van der Waals surface area contributed by atoms with E-state index in [1.54, 1.807) is 7.05 Å². The van der Waals surface area contributed by atoms with Crippen molar-refractivity contribution >= 4 is 18.1 Å². The van der Waals surface area contributed by atoms with Gasteiger partial charge in [-0.25, -0.2) is 9.59 Å². The van der Waals surface area contributed by atoms with Gasteiger partial charge in [0, 0.05) is 32.6 Å². The molecule has 164 valence electrons. The van der Waals surface area contributed by atoms with E-state index in [1.165, 1.54) is 26.8 Å². The second-order valence-corrected chi connectivity index (χ2v) is 7.48. The number of carboxylic acid groups (broad SMARTS) is 1. The Labute approximate surface area is 170 Å². The summed E-state index contributed by atoms with van der Waals surface area (Å²) < 4.78 is 43.4. The number of hydrogen-bond acceptors (Lipinski definition) is 4. The summed E-state index contributed by atoms with van der Waals surface area (Å²) in [6.07, 6.45) is -6.54. The number of ether oxygens (including phenoxy) is 1. The number of hydrogen-bond donors (Lipinski definition) is 1. The molecular formula is C19H22F3N3O5. The monoisotopic (exact) mass is 429 g/mol. The number of likely N-dealkylation sites (tertiary alicyclic amines) is 1. The van der Waals surface area contributed by atoms with Crippen molar-refractivity contribution in [1.82, 2.24) is 14.7 Å². The first kappa shape index (κ1) is 21.7. The predicted octanol–water partition coefficient (Wildman–Crippen LogP) is 2.45. The molecule has 8 nitrogen and oxygen atoms in total. The quantitative estimate of drug-likeness (QED) is 0.730. The summed E-state index contributed by atoms with van der Waals surface area (Å²) in [5.41, 5.74) is -0.238. The molecule has 0 radical (unpaired) electrons. The molecule has 30 heavy (non-hydrogen) atoms. The van der Waals surface area contributed by atoms with Gasteiger partial charge in [-0.15, -0.1) is 0 Å². The van der Waals surface area contributed by atoms with Crippen molar-refractivity contribution in [3.63, 3.8) is 0 Å². The molecule has 2 aliphatic rings. The molecule has 2 heterocycles. The highest BCUT2D eigenvalue weighted by Crippen LogP contribution is 2.33. The van der Waals surface area contributed by atoms with Gasteiger partial charge < -0.3 is 24.5 Å². The van der Waals surface area contributed by atoms with Crippen LogP contribution in [0, 0.1) is 0 Å². The average Bonchev–Trinajstić information content (AvgIpc) is 2.68. The number of carbonyl (C=O) groups excluding carboxylic acids is 2. The van der Waals surface area contributed by atoms with E-state index in [9.17, 15) is 27.6 Å². The molecule has 11 heteroatoms. The molecule has 2 aliphatic heterocycles. The van der Waals surface area contributed by atoms with E-state index in [0.717, 1.165) is 12.1 Å². The lowest BCUT2D eigenvalue weighted by Crippen LogP contribution is -2.57. The third kappa shape index (κ3) is 4.95. The second-order valence-electron chi connectivity index (χ2n) is 7.48. The first-order valence-corrected chi connectivity index (χ1v) is 9.39. The van der Waals surface area contributed by atoms with E-state index >= 15 is 0 Å². The molecule has 3 rings (SSSR count). The maximum absolute atomic E-state index is 12.9. The van der Waals surface area contributed by atoms with Crippen LogP contribution >= 0.6 is 0 Å². The van der Waals surface area contributed by atoms with Crippen LogP contribution < -0.4 is 0 Å². The molecule has 2 fully saturated rings. The second kappa shape index (κ2) is 8.41. The van der Waals surface area contributed by atoms with Crippen molar-refractivity contribution in [3.8, 4) is 0 Å². The molecule has 2 saturated heterocycles. The fraction of sp³-hybridized carbons (Fsp3) is 0.526. The van der Waals surface area contributed by atoms with E-state index in [0.29, 0.717) is 18.7 Å². The van der Waals surface area contributed by atoms with Gasteiger partial charge in [-0.05, 0) is 24.1 Å². The third-order valence-electron chi connectivity index (χ3n) is 5.39. The number of nitrogens with zero attached hydrogens (tertiary/aromatic N) is 3. The number of rotatable bonds is 2. The SMILES string of the molecule is CN1CCN(C(=O)N2CC(OC(=O)O)CC(c3ccc(C(F)(F)F)cc3)C2)CC1=O. The highest BCUT2D eigenvalue weighted by Gasteiger charge is 2.37. The van der Waals surface area contributed by atoms with Crippen LogP contribution in [-0.4, -0.2) is 83.8 Å². The minimum Gasteiger partial charge on any atom is -0.450 e. The molecule has 1 N–H and O–H groups in total. The van der Waals surface area contributed by atoms with E-state index < -0.39 is 35.9 Å². The lowest BCUT2D eigenvalue weighted by atomic mass is 9.88. The van der Waals surface area contributed by atoms with E-state index in [2.05, 4.69) is 0 Å². The van der Waals surface area contributed by atoms with Gasteiger partial charge in [0.1, 0.15) is 12.6 Å². The number of halogens is 3. The average molecular weight is 429 g/mol. The van der Waals surface area contributed by atoms with E-state index in [-0.39, 0.29) is 32.0 Å². The van der Waals surface area contributed by atoms with Crippen LogP contribution in [0.4, 0.5) is 22.8 Å². The smallest absolute Gasteiger partial charge is 0.450 e. The van der Waals surface area contributed by atoms with Gasteiger partial charge >= 0.3 is 18.4 Å². The Bertz CT molecular complexity index is 815. The minimum absolute atomic E-state index is 0.0167. The summed E-state index contributed by atoms with van der Waals surface area (Å²) in [7, 11) is 1.64. The number of benzene rings is 1. The van der Waals surface area contributed by atoms with Crippen molar-refractivity contribution in [2.75, 3.05) is 39.8 Å². The molecule has 3 amide bonds. The number of piperazine rings is 1. The number of urea groups is 1. The maximum Gasteiger partial charge on any atom is 0.506 e. The Morgan fingerprint density at radius 2 is 1.77 bits per heavy atom. The van der Waals surface area contributed by atoms with Crippen LogP contribution in [0.25, 0.3) is 0 Å². The third-order valence-corrected chi connectivity index (χ3v) is 5.39. The van der Waals surface area contributed by atoms with Gasteiger partial charge in [0.15, 0.2) is 0 Å². The molecule has 0 saturated carbocycles.